The van der Waals surface area contributed by atoms with E-state index in [2.05, 4.69) is 20.5 Å². The largest absolute Gasteiger partial charge is 0.497 e. The summed E-state index contributed by atoms with van der Waals surface area (Å²) in [4.78, 5) is 30.6. The van der Waals surface area contributed by atoms with E-state index in [4.69, 9.17) is 4.74 Å². The quantitative estimate of drug-likeness (QED) is 0.374. The molecule has 35 heavy (non-hydrogen) atoms. The van der Waals surface area contributed by atoms with Crippen molar-refractivity contribution < 1.29 is 14.6 Å². The van der Waals surface area contributed by atoms with Crippen LogP contribution in [0.4, 0.5) is 0 Å². The van der Waals surface area contributed by atoms with Gasteiger partial charge in [-0.3, -0.25) is 18.4 Å². The Morgan fingerprint density at radius 1 is 1.00 bits per heavy atom. The maximum Gasteiger partial charge on any atom is 0.265 e. The zero-order valence-electron chi connectivity index (χ0n) is 18.8. The lowest BCUT2D eigenvalue weighted by Crippen LogP contribution is -2.29. The number of hydrogen-bond acceptors (Lipinski definition) is 7. The summed E-state index contributed by atoms with van der Waals surface area (Å²) in [5, 5.41) is 21.8. The topological polar surface area (TPSA) is 123 Å². The first-order valence-electron chi connectivity index (χ1n) is 10.9. The Labute approximate surface area is 199 Å². The number of benzene rings is 1. The van der Waals surface area contributed by atoms with Crippen LogP contribution >= 0.6 is 0 Å². The van der Waals surface area contributed by atoms with Gasteiger partial charge in [0.1, 0.15) is 11.4 Å². The van der Waals surface area contributed by atoms with Gasteiger partial charge < -0.3 is 15.2 Å². The van der Waals surface area contributed by atoms with Gasteiger partial charge in [-0.25, -0.2) is 0 Å². The molecule has 0 aliphatic carbocycles. The SMILES string of the molecule is COc1ccc(C(CC(=O)NCc2nnc3ccccn23)c2c(O)nc3ccccn3c2=O)cc1. The molecule has 1 aromatic carbocycles. The number of nitrogens with one attached hydrogen (secondary N) is 1. The fourth-order valence-corrected chi connectivity index (χ4v) is 4.07. The normalized spacial score (nSPS) is 12.0. The molecule has 0 radical (unpaired) electrons. The predicted molar refractivity (Wildman–Crippen MR) is 127 cm³/mol. The molecule has 176 valence electrons. The van der Waals surface area contributed by atoms with Gasteiger partial charge in [-0.15, -0.1) is 10.2 Å². The number of carbonyl (C=O) groups excluding carboxylic acids is 1. The second-order valence-corrected chi connectivity index (χ2v) is 7.93. The Morgan fingerprint density at radius 3 is 2.46 bits per heavy atom. The van der Waals surface area contributed by atoms with Crippen molar-refractivity contribution in [2.45, 2.75) is 18.9 Å². The molecule has 1 atom stereocenters. The van der Waals surface area contributed by atoms with Crippen LogP contribution in [0.25, 0.3) is 11.3 Å². The van der Waals surface area contributed by atoms with E-state index in [0.29, 0.717) is 28.4 Å². The minimum Gasteiger partial charge on any atom is -0.497 e. The highest BCUT2D eigenvalue weighted by atomic mass is 16.5. The maximum atomic E-state index is 13.3. The zero-order valence-corrected chi connectivity index (χ0v) is 18.8. The molecule has 0 saturated heterocycles. The highest BCUT2D eigenvalue weighted by Crippen LogP contribution is 2.32. The van der Waals surface area contributed by atoms with Crippen LogP contribution in [0.3, 0.4) is 0 Å². The lowest BCUT2D eigenvalue weighted by molar-refractivity contribution is -0.121. The molecule has 0 aliphatic rings. The number of nitrogens with zero attached hydrogens (tertiary/aromatic N) is 5. The van der Waals surface area contributed by atoms with E-state index in [9.17, 15) is 14.7 Å². The summed E-state index contributed by atoms with van der Waals surface area (Å²) in [5.41, 5.74) is 1.26. The summed E-state index contributed by atoms with van der Waals surface area (Å²) < 4.78 is 8.37. The van der Waals surface area contributed by atoms with Crippen molar-refractivity contribution >= 4 is 17.2 Å². The number of carbonyl (C=O) groups is 1. The molecular weight excluding hydrogens is 448 g/mol. The molecule has 1 amide bonds. The van der Waals surface area contributed by atoms with Crippen molar-refractivity contribution in [2.75, 3.05) is 7.11 Å². The Hall–Kier alpha value is -4.73. The Kier molecular flexibility index (Phi) is 5.84. The first-order chi connectivity index (χ1) is 17.0. The zero-order chi connectivity index (χ0) is 24.4. The number of fused-ring (bicyclic) bond motifs is 2. The number of methoxy groups -OCH3 is 1. The fourth-order valence-electron chi connectivity index (χ4n) is 4.07. The molecular formula is C25H22N6O4. The molecule has 0 fully saturated rings. The second kappa shape index (κ2) is 9.26. The van der Waals surface area contributed by atoms with E-state index in [1.807, 2.05) is 24.4 Å². The summed E-state index contributed by atoms with van der Waals surface area (Å²) in [6.07, 6.45) is 3.30. The second-order valence-electron chi connectivity index (χ2n) is 7.93. The summed E-state index contributed by atoms with van der Waals surface area (Å²) in [7, 11) is 1.56. The van der Waals surface area contributed by atoms with Crippen LogP contribution in [-0.4, -0.2) is 42.1 Å². The van der Waals surface area contributed by atoms with Crippen LogP contribution in [-0.2, 0) is 11.3 Å². The minimum absolute atomic E-state index is 0.0435. The van der Waals surface area contributed by atoms with Gasteiger partial charge in [-0.1, -0.05) is 24.3 Å². The molecule has 5 rings (SSSR count). The molecule has 2 N–H and O–H groups in total. The molecule has 4 heterocycles. The van der Waals surface area contributed by atoms with Gasteiger partial charge in [-0.05, 0) is 42.0 Å². The summed E-state index contributed by atoms with van der Waals surface area (Å²) in [5.74, 6) is -0.264. The summed E-state index contributed by atoms with van der Waals surface area (Å²) in [6, 6.07) is 17.6. The summed E-state index contributed by atoms with van der Waals surface area (Å²) >= 11 is 0. The van der Waals surface area contributed by atoms with Gasteiger partial charge in [0.25, 0.3) is 5.56 Å². The third-order valence-electron chi connectivity index (χ3n) is 5.83. The average molecular weight is 470 g/mol. The Morgan fingerprint density at radius 2 is 1.71 bits per heavy atom. The van der Waals surface area contributed by atoms with Gasteiger partial charge in [0, 0.05) is 24.7 Å². The molecule has 0 spiro atoms. The van der Waals surface area contributed by atoms with Gasteiger partial charge in [-0.2, -0.15) is 4.98 Å². The standard InChI is InChI=1S/C25H22N6O4/c1-35-17-10-8-16(9-11-17)18(23-24(33)27-19-6-2-5-13-31(19)25(23)34)14-22(32)26-15-21-29-28-20-7-3-4-12-30(20)21/h2-13,18,33H,14-15H2,1H3,(H,26,32). The average Bonchev–Trinajstić information content (AvgIpc) is 3.30. The first-order valence-corrected chi connectivity index (χ1v) is 10.9. The number of ether oxygens (including phenoxy) is 1. The molecule has 0 saturated carbocycles. The summed E-state index contributed by atoms with van der Waals surface area (Å²) in [6.45, 7) is 0.153. The van der Waals surface area contributed by atoms with Crippen LogP contribution in [0.1, 0.15) is 29.3 Å². The molecule has 4 aromatic heterocycles. The highest BCUT2D eigenvalue weighted by molar-refractivity contribution is 5.77. The number of aromatic nitrogens is 5. The van der Waals surface area contributed by atoms with Crippen molar-refractivity contribution in [1.29, 1.82) is 0 Å². The van der Waals surface area contributed by atoms with E-state index in [-0.39, 0.29) is 24.4 Å². The number of aromatic hydroxyl groups is 1. The minimum atomic E-state index is -0.742. The number of amides is 1. The Balaban J connectivity index is 1.48. The third-order valence-corrected chi connectivity index (χ3v) is 5.83. The van der Waals surface area contributed by atoms with Crippen LogP contribution in [0.2, 0.25) is 0 Å². The van der Waals surface area contributed by atoms with Crippen LogP contribution in [0.15, 0.2) is 77.9 Å². The Bertz CT molecular complexity index is 1580. The molecule has 0 bridgehead atoms. The lowest BCUT2D eigenvalue weighted by Gasteiger charge is -2.19. The molecule has 0 aliphatic heterocycles. The van der Waals surface area contributed by atoms with Crippen molar-refractivity contribution in [2.24, 2.45) is 0 Å². The lowest BCUT2D eigenvalue weighted by atomic mass is 9.89. The van der Waals surface area contributed by atoms with Gasteiger partial charge in [0.05, 0.1) is 19.2 Å². The van der Waals surface area contributed by atoms with Gasteiger partial charge in [0.15, 0.2) is 11.5 Å². The molecule has 1 unspecified atom stereocenters. The molecule has 10 nitrogen and oxygen atoms in total. The predicted octanol–water partition coefficient (Wildman–Crippen LogP) is 2.29. The third kappa shape index (κ3) is 4.29. The van der Waals surface area contributed by atoms with Gasteiger partial charge >= 0.3 is 0 Å². The van der Waals surface area contributed by atoms with E-state index >= 15 is 0 Å². The number of hydrogen-bond donors (Lipinski definition) is 2. The van der Waals surface area contributed by atoms with Crippen molar-refractivity contribution in [3.05, 3.63) is 100 Å². The van der Waals surface area contributed by atoms with Crippen molar-refractivity contribution in [3.8, 4) is 11.6 Å². The number of rotatable bonds is 7. The molecule has 5 aromatic rings. The maximum absolute atomic E-state index is 13.3. The van der Waals surface area contributed by atoms with Crippen LogP contribution in [0, 0.1) is 0 Å². The van der Waals surface area contributed by atoms with Crippen LogP contribution < -0.4 is 15.6 Å². The van der Waals surface area contributed by atoms with Crippen LogP contribution in [0.5, 0.6) is 11.6 Å². The van der Waals surface area contributed by atoms with Crippen molar-refractivity contribution in [3.63, 3.8) is 0 Å². The van der Waals surface area contributed by atoms with Gasteiger partial charge in [0.2, 0.25) is 11.8 Å². The number of pyridine rings is 2. The highest BCUT2D eigenvalue weighted by Gasteiger charge is 2.26. The van der Waals surface area contributed by atoms with E-state index < -0.39 is 17.4 Å². The van der Waals surface area contributed by atoms with E-state index in [1.54, 1.807) is 60.2 Å². The van der Waals surface area contributed by atoms with Crippen molar-refractivity contribution in [1.82, 2.24) is 29.3 Å². The molecule has 10 heteroatoms. The monoisotopic (exact) mass is 470 g/mol. The smallest absolute Gasteiger partial charge is 0.265 e. The van der Waals surface area contributed by atoms with E-state index in [1.165, 1.54) is 4.40 Å². The fraction of sp³-hybridized carbons (Fsp3) is 0.160. The first kappa shape index (κ1) is 22.1. The van der Waals surface area contributed by atoms with E-state index in [0.717, 1.165) is 0 Å².